The van der Waals surface area contributed by atoms with Gasteiger partial charge in [0.15, 0.2) is 0 Å². The number of methoxy groups -OCH3 is 1. The number of pyridine rings is 2. The Morgan fingerprint density at radius 3 is 2.91 bits per heavy atom. The second-order valence-corrected chi connectivity index (χ2v) is 9.82. The summed E-state index contributed by atoms with van der Waals surface area (Å²) < 4.78 is 11.3. The minimum absolute atomic E-state index is 0.238. The Morgan fingerprint density at radius 1 is 1.31 bits per heavy atom. The van der Waals surface area contributed by atoms with Gasteiger partial charge >= 0.3 is 5.97 Å². The standard InChI is InChI=1S/C27H38N4O4/c1-17-15-30-26(34-3)18(2)23(17)16-29-24(27(32)33)10-12-35-22-13-19(14-22)6-8-21-9-7-20-5-4-11-28-25(20)31-21/h7,9,15,19,22,24,29H,4-6,8,10-14,16H2,1-3H3,(H,28,31)(H,32,33)/t19?,22?,24-/m0/s1. The molecule has 1 fully saturated rings. The molecule has 0 amide bonds. The Kier molecular flexibility index (Phi) is 8.57. The van der Waals surface area contributed by atoms with Crippen molar-refractivity contribution in [3.05, 3.63) is 46.3 Å². The molecule has 0 saturated heterocycles. The molecule has 8 heteroatoms. The number of fused-ring (bicyclic) bond motifs is 1. The van der Waals surface area contributed by atoms with E-state index in [4.69, 9.17) is 14.5 Å². The van der Waals surface area contributed by atoms with Crippen LogP contribution in [0.1, 0.15) is 60.1 Å². The zero-order valence-electron chi connectivity index (χ0n) is 21.1. The van der Waals surface area contributed by atoms with E-state index in [-0.39, 0.29) is 6.10 Å². The Morgan fingerprint density at radius 2 is 2.14 bits per heavy atom. The summed E-state index contributed by atoms with van der Waals surface area (Å²) in [5, 5.41) is 16.2. The maximum Gasteiger partial charge on any atom is 0.320 e. The lowest BCUT2D eigenvalue weighted by Crippen LogP contribution is -2.39. The summed E-state index contributed by atoms with van der Waals surface area (Å²) in [5.41, 5.74) is 5.46. The molecule has 0 radical (unpaired) electrons. The fourth-order valence-corrected chi connectivity index (χ4v) is 5.03. The number of ether oxygens (including phenoxy) is 2. The third-order valence-corrected chi connectivity index (χ3v) is 7.35. The lowest BCUT2D eigenvalue weighted by atomic mass is 9.79. The highest BCUT2D eigenvalue weighted by Crippen LogP contribution is 2.34. The molecule has 1 atom stereocenters. The smallest absolute Gasteiger partial charge is 0.320 e. The Balaban J connectivity index is 1.16. The van der Waals surface area contributed by atoms with Crippen molar-refractivity contribution in [2.24, 2.45) is 5.92 Å². The summed E-state index contributed by atoms with van der Waals surface area (Å²) >= 11 is 0. The van der Waals surface area contributed by atoms with Crippen molar-refractivity contribution in [3.8, 4) is 5.88 Å². The lowest BCUT2D eigenvalue weighted by molar-refractivity contribution is -0.140. The van der Waals surface area contributed by atoms with Crippen LogP contribution in [0, 0.1) is 19.8 Å². The van der Waals surface area contributed by atoms with Crippen molar-refractivity contribution in [2.45, 2.75) is 77.5 Å². The number of hydrogen-bond donors (Lipinski definition) is 3. The Hall–Kier alpha value is -2.71. The monoisotopic (exact) mass is 482 g/mol. The van der Waals surface area contributed by atoms with Crippen molar-refractivity contribution >= 4 is 11.8 Å². The average Bonchev–Trinajstić information content (AvgIpc) is 2.83. The van der Waals surface area contributed by atoms with Gasteiger partial charge in [0.25, 0.3) is 0 Å². The SMILES string of the molecule is COc1ncc(C)c(CN[C@@H](CCOC2CC(CCc3ccc4c(n3)NCCC4)C2)C(=O)O)c1C. The van der Waals surface area contributed by atoms with Crippen molar-refractivity contribution in [1.29, 1.82) is 0 Å². The van der Waals surface area contributed by atoms with E-state index in [1.165, 1.54) is 12.0 Å². The average molecular weight is 483 g/mol. The van der Waals surface area contributed by atoms with Crippen molar-refractivity contribution in [2.75, 3.05) is 25.6 Å². The number of aromatic nitrogens is 2. The maximum absolute atomic E-state index is 11.8. The van der Waals surface area contributed by atoms with Crippen molar-refractivity contribution in [1.82, 2.24) is 15.3 Å². The number of hydrogen-bond acceptors (Lipinski definition) is 7. The molecule has 3 heterocycles. The van der Waals surface area contributed by atoms with Crippen LogP contribution in [-0.4, -0.2) is 53.5 Å². The molecule has 190 valence electrons. The number of aliphatic carboxylic acids is 1. The predicted octanol–water partition coefficient (Wildman–Crippen LogP) is 3.82. The second kappa shape index (κ2) is 11.8. The summed E-state index contributed by atoms with van der Waals surface area (Å²) in [7, 11) is 1.59. The molecule has 1 saturated carbocycles. The van der Waals surface area contributed by atoms with Gasteiger partial charge in [0.1, 0.15) is 11.9 Å². The Labute approximate surface area is 207 Å². The first-order valence-electron chi connectivity index (χ1n) is 12.7. The number of carbonyl (C=O) groups is 1. The van der Waals surface area contributed by atoms with Crippen LogP contribution in [0.5, 0.6) is 5.88 Å². The van der Waals surface area contributed by atoms with Crippen LogP contribution in [0.2, 0.25) is 0 Å². The van der Waals surface area contributed by atoms with Crippen LogP contribution in [0.15, 0.2) is 18.3 Å². The summed E-state index contributed by atoms with van der Waals surface area (Å²) in [6, 6.07) is 3.73. The van der Waals surface area contributed by atoms with Gasteiger partial charge in [-0.05, 0) is 87.5 Å². The topological polar surface area (TPSA) is 106 Å². The van der Waals surface area contributed by atoms with Gasteiger partial charge in [-0.25, -0.2) is 9.97 Å². The molecular weight excluding hydrogens is 444 g/mol. The fraction of sp³-hybridized carbons (Fsp3) is 0.593. The first-order valence-corrected chi connectivity index (χ1v) is 12.7. The van der Waals surface area contributed by atoms with E-state index in [1.807, 2.05) is 13.8 Å². The van der Waals surface area contributed by atoms with Gasteiger partial charge in [0.05, 0.1) is 13.2 Å². The molecule has 1 aliphatic heterocycles. The normalized spacial score (nSPS) is 19.9. The summed E-state index contributed by atoms with van der Waals surface area (Å²) in [6.45, 7) is 5.82. The van der Waals surface area contributed by atoms with Gasteiger partial charge in [-0.1, -0.05) is 6.07 Å². The van der Waals surface area contributed by atoms with Crippen LogP contribution < -0.4 is 15.4 Å². The van der Waals surface area contributed by atoms with E-state index < -0.39 is 12.0 Å². The highest BCUT2D eigenvalue weighted by atomic mass is 16.5. The molecule has 0 aromatic carbocycles. The van der Waals surface area contributed by atoms with E-state index in [9.17, 15) is 9.90 Å². The van der Waals surface area contributed by atoms with Gasteiger partial charge in [-0.3, -0.25) is 4.79 Å². The minimum Gasteiger partial charge on any atom is -0.481 e. The van der Waals surface area contributed by atoms with Crippen molar-refractivity contribution in [3.63, 3.8) is 0 Å². The molecular formula is C27H38N4O4. The van der Waals surface area contributed by atoms with E-state index >= 15 is 0 Å². The first-order chi connectivity index (χ1) is 16.9. The summed E-state index contributed by atoms with van der Waals surface area (Å²) in [6.07, 6.45) is 8.94. The predicted molar refractivity (Wildman–Crippen MR) is 135 cm³/mol. The molecule has 0 spiro atoms. The highest BCUT2D eigenvalue weighted by Gasteiger charge is 2.30. The van der Waals surface area contributed by atoms with Crippen LogP contribution in [0.25, 0.3) is 0 Å². The number of nitrogens with zero attached hydrogens (tertiary/aromatic N) is 2. The quantitative estimate of drug-likeness (QED) is 0.419. The number of anilines is 1. The lowest BCUT2D eigenvalue weighted by Gasteiger charge is -2.35. The zero-order chi connectivity index (χ0) is 24.8. The van der Waals surface area contributed by atoms with Crippen LogP contribution in [-0.2, 0) is 28.9 Å². The van der Waals surface area contributed by atoms with E-state index in [1.54, 1.807) is 13.3 Å². The molecule has 2 aliphatic rings. The zero-order valence-corrected chi connectivity index (χ0v) is 21.1. The molecule has 3 N–H and O–H groups in total. The third-order valence-electron chi connectivity index (χ3n) is 7.35. The van der Waals surface area contributed by atoms with E-state index in [2.05, 4.69) is 27.8 Å². The minimum atomic E-state index is -0.858. The number of rotatable bonds is 12. The second-order valence-electron chi connectivity index (χ2n) is 9.82. The highest BCUT2D eigenvalue weighted by molar-refractivity contribution is 5.73. The molecule has 0 bridgehead atoms. The largest absolute Gasteiger partial charge is 0.481 e. The first kappa shape index (κ1) is 25.4. The molecule has 8 nitrogen and oxygen atoms in total. The van der Waals surface area contributed by atoms with Crippen LogP contribution >= 0.6 is 0 Å². The van der Waals surface area contributed by atoms with Gasteiger partial charge in [-0.15, -0.1) is 0 Å². The molecule has 2 aromatic heterocycles. The maximum atomic E-state index is 11.8. The van der Waals surface area contributed by atoms with Gasteiger partial charge in [-0.2, -0.15) is 0 Å². The Bertz CT molecular complexity index is 1020. The molecule has 4 rings (SSSR count). The van der Waals surface area contributed by atoms with E-state index in [0.29, 0.717) is 31.4 Å². The molecule has 2 aromatic rings. The number of carboxylic acid groups (broad SMARTS) is 1. The van der Waals surface area contributed by atoms with Gasteiger partial charge in [0, 0.05) is 37.2 Å². The summed E-state index contributed by atoms with van der Waals surface area (Å²) in [4.78, 5) is 20.8. The summed E-state index contributed by atoms with van der Waals surface area (Å²) in [5.74, 6) is 1.44. The van der Waals surface area contributed by atoms with Crippen molar-refractivity contribution < 1.29 is 19.4 Å². The van der Waals surface area contributed by atoms with Crippen LogP contribution in [0.4, 0.5) is 5.82 Å². The molecule has 1 aliphatic carbocycles. The van der Waals surface area contributed by atoms with Crippen LogP contribution in [0.3, 0.4) is 0 Å². The molecule has 0 unspecified atom stereocenters. The number of carboxylic acids is 1. The van der Waals surface area contributed by atoms with Gasteiger partial charge in [0.2, 0.25) is 5.88 Å². The number of nitrogens with one attached hydrogen (secondary N) is 2. The molecule has 35 heavy (non-hydrogen) atoms. The fourth-order valence-electron chi connectivity index (χ4n) is 5.03. The van der Waals surface area contributed by atoms with Gasteiger partial charge < -0.3 is 25.2 Å². The van der Waals surface area contributed by atoms with E-state index in [0.717, 1.165) is 66.9 Å². The third kappa shape index (κ3) is 6.49. The number of aryl methyl sites for hydroxylation is 3.